The Kier molecular flexibility index (Phi) is 5.83. The molecule has 4 rings (SSSR count). The van der Waals surface area contributed by atoms with Gasteiger partial charge < -0.3 is 4.74 Å². The number of thiazole rings is 1. The van der Waals surface area contributed by atoms with Crippen LogP contribution in [0.4, 0.5) is 0 Å². The molecule has 0 fully saturated rings. The lowest BCUT2D eigenvalue weighted by atomic mass is 9.95. The molecule has 7 heteroatoms. The number of hydrogen-bond acceptors (Lipinski definition) is 5. The lowest BCUT2D eigenvalue weighted by molar-refractivity contribution is -0.136. The van der Waals surface area contributed by atoms with Crippen LogP contribution in [0.15, 0.2) is 80.1 Å². The van der Waals surface area contributed by atoms with E-state index in [1.807, 2.05) is 67.6 Å². The minimum absolute atomic E-state index is 0.177. The third-order valence-electron chi connectivity index (χ3n) is 4.91. The van der Waals surface area contributed by atoms with E-state index in [4.69, 9.17) is 4.74 Å². The molecule has 152 valence electrons. The number of esters is 1. The van der Waals surface area contributed by atoms with Crippen LogP contribution in [-0.4, -0.2) is 17.6 Å². The van der Waals surface area contributed by atoms with Crippen LogP contribution in [0.3, 0.4) is 0 Å². The number of halogens is 1. The summed E-state index contributed by atoms with van der Waals surface area (Å²) in [6.07, 6.45) is 2.41. The number of ether oxygens (including phenoxy) is 1. The topological polar surface area (TPSA) is 60.7 Å². The minimum Gasteiger partial charge on any atom is -0.466 e. The van der Waals surface area contributed by atoms with Gasteiger partial charge in [0.25, 0.3) is 5.56 Å². The van der Waals surface area contributed by atoms with E-state index in [-0.39, 0.29) is 5.56 Å². The Morgan fingerprint density at radius 2 is 2.00 bits per heavy atom. The summed E-state index contributed by atoms with van der Waals surface area (Å²) >= 11 is 4.79. The highest BCUT2D eigenvalue weighted by molar-refractivity contribution is 9.10. The summed E-state index contributed by atoms with van der Waals surface area (Å²) in [6, 6.07) is 16.7. The molecule has 1 atom stereocenters. The number of allylic oxidation sites excluding steroid dienone is 1. The highest BCUT2D eigenvalue weighted by Crippen LogP contribution is 2.31. The van der Waals surface area contributed by atoms with E-state index >= 15 is 0 Å². The van der Waals surface area contributed by atoms with Gasteiger partial charge in [-0.15, -0.1) is 0 Å². The first-order valence-electron chi connectivity index (χ1n) is 9.47. The molecule has 0 unspecified atom stereocenters. The van der Waals surface area contributed by atoms with Gasteiger partial charge >= 0.3 is 5.97 Å². The summed E-state index contributed by atoms with van der Waals surface area (Å²) in [6.45, 7) is 1.94. The standard InChI is InChI=1S/C23H19BrN2O3S/c1-3-17-19(22(28)29-2)20(15-9-5-4-6-10-15)26-21(27)18(30-23(26)25-17)13-14-8-7-11-16(24)12-14/h4-13,20H,3H2,1-2H3/b18-13-/t20-/m0/s1. The van der Waals surface area contributed by atoms with Crippen LogP contribution in [0.5, 0.6) is 0 Å². The molecule has 3 aromatic rings. The van der Waals surface area contributed by atoms with Gasteiger partial charge in [0.05, 0.1) is 29.0 Å². The van der Waals surface area contributed by atoms with Crippen molar-refractivity contribution in [3.05, 3.63) is 101 Å². The lowest BCUT2D eigenvalue weighted by Crippen LogP contribution is -2.40. The van der Waals surface area contributed by atoms with E-state index in [2.05, 4.69) is 20.9 Å². The van der Waals surface area contributed by atoms with E-state index < -0.39 is 12.0 Å². The predicted octanol–water partition coefficient (Wildman–Crippen LogP) is 3.56. The minimum atomic E-state index is -0.575. The smallest absolute Gasteiger partial charge is 0.338 e. The molecule has 0 spiro atoms. The van der Waals surface area contributed by atoms with Crippen LogP contribution in [0.1, 0.15) is 30.5 Å². The molecule has 1 aromatic heterocycles. The maximum Gasteiger partial charge on any atom is 0.338 e. The summed E-state index contributed by atoms with van der Waals surface area (Å²) in [7, 11) is 1.35. The number of carbonyl (C=O) groups excluding carboxylic acids is 1. The van der Waals surface area contributed by atoms with Gasteiger partial charge in [-0.3, -0.25) is 9.36 Å². The number of benzene rings is 2. The summed E-state index contributed by atoms with van der Waals surface area (Å²) in [4.78, 5) is 31.4. The summed E-state index contributed by atoms with van der Waals surface area (Å²) in [5.74, 6) is -0.467. The number of fused-ring (bicyclic) bond motifs is 1. The molecule has 0 aliphatic carbocycles. The fourth-order valence-electron chi connectivity index (χ4n) is 3.56. The monoisotopic (exact) mass is 482 g/mol. The summed E-state index contributed by atoms with van der Waals surface area (Å²) in [5, 5.41) is 0. The Hall–Kier alpha value is -2.77. The zero-order valence-electron chi connectivity index (χ0n) is 16.5. The maximum atomic E-state index is 13.4. The van der Waals surface area contributed by atoms with Crippen molar-refractivity contribution in [3.8, 4) is 0 Å². The van der Waals surface area contributed by atoms with Crippen molar-refractivity contribution in [2.75, 3.05) is 7.11 Å². The molecule has 0 amide bonds. The quantitative estimate of drug-likeness (QED) is 0.534. The molecule has 1 aliphatic heterocycles. The van der Waals surface area contributed by atoms with E-state index in [1.165, 1.54) is 18.4 Å². The van der Waals surface area contributed by atoms with Crippen LogP contribution in [0.2, 0.25) is 0 Å². The zero-order chi connectivity index (χ0) is 21.3. The van der Waals surface area contributed by atoms with Crippen molar-refractivity contribution in [1.29, 1.82) is 0 Å². The van der Waals surface area contributed by atoms with Crippen molar-refractivity contribution < 1.29 is 9.53 Å². The van der Waals surface area contributed by atoms with Crippen molar-refractivity contribution in [2.45, 2.75) is 19.4 Å². The zero-order valence-corrected chi connectivity index (χ0v) is 18.9. The van der Waals surface area contributed by atoms with E-state index in [9.17, 15) is 9.59 Å². The van der Waals surface area contributed by atoms with Gasteiger partial charge in [0.1, 0.15) is 0 Å². The van der Waals surface area contributed by atoms with Crippen molar-refractivity contribution in [2.24, 2.45) is 4.99 Å². The van der Waals surface area contributed by atoms with Gasteiger partial charge in [-0.25, -0.2) is 9.79 Å². The Morgan fingerprint density at radius 1 is 1.23 bits per heavy atom. The molecule has 0 saturated heterocycles. The van der Waals surface area contributed by atoms with Crippen LogP contribution in [0, 0.1) is 0 Å². The second-order valence-corrected chi connectivity index (χ2v) is 8.68. The van der Waals surface area contributed by atoms with Gasteiger partial charge in [0, 0.05) is 4.47 Å². The predicted molar refractivity (Wildman–Crippen MR) is 121 cm³/mol. The van der Waals surface area contributed by atoms with E-state index in [1.54, 1.807) is 4.57 Å². The van der Waals surface area contributed by atoms with E-state index in [0.717, 1.165) is 15.6 Å². The van der Waals surface area contributed by atoms with Crippen LogP contribution in [0.25, 0.3) is 6.08 Å². The number of nitrogens with zero attached hydrogens (tertiary/aromatic N) is 2. The molecule has 30 heavy (non-hydrogen) atoms. The average Bonchev–Trinajstić information content (AvgIpc) is 3.07. The molecule has 2 heterocycles. The maximum absolute atomic E-state index is 13.4. The summed E-state index contributed by atoms with van der Waals surface area (Å²) < 4.78 is 8.17. The van der Waals surface area contributed by atoms with Crippen LogP contribution in [-0.2, 0) is 9.53 Å². The average molecular weight is 483 g/mol. The fourth-order valence-corrected chi connectivity index (χ4v) is 5.00. The molecular weight excluding hydrogens is 464 g/mol. The van der Waals surface area contributed by atoms with Crippen molar-refractivity contribution in [3.63, 3.8) is 0 Å². The van der Waals surface area contributed by atoms with Crippen molar-refractivity contribution >= 4 is 39.3 Å². The second kappa shape index (κ2) is 8.53. The first kappa shape index (κ1) is 20.5. The summed E-state index contributed by atoms with van der Waals surface area (Å²) in [5.41, 5.74) is 2.63. The molecular formula is C23H19BrN2O3S. The second-order valence-electron chi connectivity index (χ2n) is 6.75. The molecule has 0 saturated carbocycles. The van der Waals surface area contributed by atoms with Crippen LogP contribution >= 0.6 is 27.3 Å². The Balaban J connectivity index is 2.01. The number of rotatable bonds is 4. The SMILES string of the molecule is CCC1=C(C(=O)OC)[C@H](c2ccccc2)n2c(s/c(=C\c3cccc(Br)c3)c2=O)=N1. The molecule has 2 aromatic carbocycles. The third-order valence-corrected chi connectivity index (χ3v) is 6.39. The van der Waals surface area contributed by atoms with Gasteiger partial charge in [-0.2, -0.15) is 0 Å². The Morgan fingerprint density at radius 3 is 2.67 bits per heavy atom. The number of carbonyl (C=O) groups is 1. The van der Waals surface area contributed by atoms with Gasteiger partial charge in [-0.05, 0) is 35.8 Å². The number of methoxy groups -OCH3 is 1. The normalized spacial score (nSPS) is 16.2. The molecule has 5 nitrogen and oxygen atoms in total. The lowest BCUT2D eigenvalue weighted by Gasteiger charge is -2.25. The molecule has 0 radical (unpaired) electrons. The largest absolute Gasteiger partial charge is 0.466 e. The van der Waals surface area contributed by atoms with Gasteiger partial charge in [-0.1, -0.05) is 76.7 Å². The number of aromatic nitrogens is 1. The Labute approximate surface area is 185 Å². The van der Waals surface area contributed by atoms with Crippen molar-refractivity contribution in [1.82, 2.24) is 4.57 Å². The van der Waals surface area contributed by atoms with Gasteiger partial charge in [0.2, 0.25) is 0 Å². The number of hydrogen-bond donors (Lipinski definition) is 0. The molecule has 0 N–H and O–H groups in total. The third kappa shape index (κ3) is 3.70. The highest BCUT2D eigenvalue weighted by atomic mass is 79.9. The van der Waals surface area contributed by atoms with Crippen LogP contribution < -0.4 is 14.9 Å². The highest BCUT2D eigenvalue weighted by Gasteiger charge is 2.33. The van der Waals surface area contributed by atoms with E-state index in [0.29, 0.717) is 27.0 Å². The first-order chi connectivity index (χ1) is 14.5. The Bertz CT molecular complexity index is 1320. The molecule has 0 bridgehead atoms. The van der Waals surface area contributed by atoms with Gasteiger partial charge in [0.15, 0.2) is 4.80 Å². The fraction of sp³-hybridized carbons (Fsp3) is 0.174. The molecule has 1 aliphatic rings. The first-order valence-corrected chi connectivity index (χ1v) is 11.1.